The third kappa shape index (κ3) is 2.25. The topological polar surface area (TPSA) is 76.7 Å². The zero-order chi connectivity index (χ0) is 12.3. The van der Waals surface area contributed by atoms with Crippen molar-refractivity contribution in [1.82, 2.24) is 26.0 Å². The molecule has 16 heavy (non-hydrogen) atoms. The van der Waals surface area contributed by atoms with Gasteiger partial charge in [-0.15, -0.1) is 0 Å². The Labute approximate surface area is 95.1 Å². The number of rotatable bonds is 4. The van der Waals surface area contributed by atoms with Crippen molar-refractivity contribution < 1.29 is 9.59 Å². The maximum atomic E-state index is 12.0. The van der Waals surface area contributed by atoms with Gasteiger partial charge in [0.2, 0.25) is 0 Å². The summed E-state index contributed by atoms with van der Waals surface area (Å²) in [5.74, 6) is 0. The smallest absolute Gasteiger partial charge is 0.303 e. The highest BCUT2D eigenvalue weighted by Crippen LogP contribution is 2.10. The lowest BCUT2D eigenvalue weighted by molar-refractivity contribution is 0.0601. The number of amides is 4. The van der Waals surface area contributed by atoms with Crippen LogP contribution in [0.3, 0.4) is 0 Å². The molecule has 1 aliphatic rings. The number of nitrogens with one attached hydrogen (secondary N) is 3. The molecule has 1 aliphatic heterocycles. The molecule has 1 heterocycles. The molecule has 0 saturated carbocycles. The normalized spacial score (nSPS) is 21.7. The van der Waals surface area contributed by atoms with Crippen LogP contribution in [0.2, 0.25) is 0 Å². The molecule has 0 spiro atoms. The molecule has 92 valence electrons. The first-order chi connectivity index (χ1) is 7.52. The highest BCUT2D eigenvalue weighted by atomic mass is 16.2. The summed E-state index contributed by atoms with van der Waals surface area (Å²) in [6.07, 6.45) is -0.509. The standard InChI is InChI=1S/C9H19N5O2/c1-5-11-7-12-8(15)13(6(2)3)9(16)14(7)10-4/h6-7,10-11H,5H2,1-4H3,(H,12,15). The van der Waals surface area contributed by atoms with E-state index in [1.54, 1.807) is 20.9 Å². The minimum absolute atomic E-state index is 0.175. The molecular formula is C9H19N5O2. The van der Waals surface area contributed by atoms with Crippen molar-refractivity contribution in [2.24, 2.45) is 0 Å². The summed E-state index contributed by atoms with van der Waals surface area (Å²) >= 11 is 0. The summed E-state index contributed by atoms with van der Waals surface area (Å²) < 4.78 is 0. The number of hydrogen-bond acceptors (Lipinski definition) is 4. The Kier molecular flexibility index (Phi) is 4.08. The first-order valence-corrected chi connectivity index (χ1v) is 5.36. The highest BCUT2D eigenvalue weighted by Gasteiger charge is 2.38. The minimum Gasteiger partial charge on any atom is -0.303 e. The molecular weight excluding hydrogens is 210 g/mol. The van der Waals surface area contributed by atoms with E-state index in [2.05, 4.69) is 16.1 Å². The Bertz CT molecular complexity index is 281. The van der Waals surface area contributed by atoms with Crippen molar-refractivity contribution >= 4 is 12.1 Å². The molecule has 0 aromatic heterocycles. The first kappa shape index (κ1) is 12.7. The van der Waals surface area contributed by atoms with Crippen LogP contribution in [0.15, 0.2) is 0 Å². The Morgan fingerprint density at radius 3 is 2.50 bits per heavy atom. The number of hydrazine groups is 1. The van der Waals surface area contributed by atoms with Crippen LogP contribution < -0.4 is 16.1 Å². The summed E-state index contributed by atoms with van der Waals surface area (Å²) in [6, 6.07) is -0.907. The van der Waals surface area contributed by atoms with E-state index in [0.717, 1.165) is 0 Å². The van der Waals surface area contributed by atoms with Crippen LogP contribution in [0, 0.1) is 0 Å². The fraction of sp³-hybridized carbons (Fsp3) is 0.778. The van der Waals surface area contributed by atoms with Crippen LogP contribution in [0.1, 0.15) is 20.8 Å². The van der Waals surface area contributed by atoms with Crippen LogP contribution in [0.4, 0.5) is 9.59 Å². The molecule has 1 unspecified atom stereocenters. The third-order valence-corrected chi connectivity index (χ3v) is 2.30. The molecule has 4 amide bonds. The molecule has 0 aliphatic carbocycles. The second kappa shape index (κ2) is 5.13. The van der Waals surface area contributed by atoms with Crippen LogP contribution in [-0.2, 0) is 0 Å². The van der Waals surface area contributed by atoms with Crippen molar-refractivity contribution in [2.45, 2.75) is 33.1 Å². The van der Waals surface area contributed by atoms with E-state index < -0.39 is 6.29 Å². The zero-order valence-electron chi connectivity index (χ0n) is 10.1. The molecule has 0 radical (unpaired) electrons. The summed E-state index contributed by atoms with van der Waals surface area (Å²) in [5.41, 5.74) is 2.76. The van der Waals surface area contributed by atoms with Gasteiger partial charge in [0.25, 0.3) is 0 Å². The average molecular weight is 229 g/mol. The SMILES string of the molecule is CCNC1NC(=O)N(C(C)C)C(=O)N1NC. The van der Waals surface area contributed by atoms with Crippen molar-refractivity contribution in [3.05, 3.63) is 0 Å². The van der Waals surface area contributed by atoms with Gasteiger partial charge in [-0.1, -0.05) is 6.92 Å². The molecule has 1 saturated heterocycles. The fourth-order valence-corrected chi connectivity index (χ4v) is 1.58. The van der Waals surface area contributed by atoms with E-state index in [4.69, 9.17) is 0 Å². The molecule has 0 aromatic rings. The predicted octanol–water partition coefficient (Wildman–Crippen LogP) is -0.130. The summed E-state index contributed by atoms with van der Waals surface area (Å²) in [7, 11) is 1.64. The van der Waals surface area contributed by atoms with E-state index >= 15 is 0 Å². The molecule has 1 rings (SSSR count). The van der Waals surface area contributed by atoms with Gasteiger partial charge in [0.05, 0.1) is 0 Å². The number of carbonyl (C=O) groups is 2. The Hall–Kier alpha value is -1.34. The number of imide groups is 1. The fourth-order valence-electron chi connectivity index (χ4n) is 1.58. The van der Waals surface area contributed by atoms with Gasteiger partial charge in [-0.25, -0.2) is 24.9 Å². The maximum absolute atomic E-state index is 12.0. The summed E-state index contributed by atoms with van der Waals surface area (Å²) in [6.45, 7) is 6.13. The van der Waals surface area contributed by atoms with E-state index in [-0.39, 0.29) is 18.1 Å². The monoisotopic (exact) mass is 229 g/mol. The summed E-state index contributed by atoms with van der Waals surface area (Å²) in [5, 5.41) is 7.04. The van der Waals surface area contributed by atoms with E-state index in [1.165, 1.54) is 9.91 Å². The highest BCUT2D eigenvalue weighted by molar-refractivity contribution is 5.96. The second-order valence-corrected chi connectivity index (χ2v) is 3.75. The van der Waals surface area contributed by atoms with Gasteiger partial charge < -0.3 is 5.32 Å². The van der Waals surface area contributed by atoms with Crippen LogP contribution in [0.5, 0.6) is 0 Å². The lowest BCUT2D eigenvalue weighted by Crippen LogP contribution is -2.72. The molecule has 1 fully saturated rings. The molecule has 0 bridgehead atoms. The number of hydrogen-bond donors (Lipinski definition) is 3. The summed E-state index contributed by atoms with van der Waals surface area (Å²) in [4.78, 5) is 24.8. The molecule has 3 N–H and O–H groups in total. The predicted molar refractivity (Wildman–Crippen MR) is 59.3 cm³/mol. The molecule has 0 aromatic carbocycles. The van der Waals surface area contributed by atoms with Crippen LogP contribution in [0.25, 0.3) is 0 Å². The lowest BCUT2D eigenvalue weighted by atomic mass is 10.3. The number of nitrogens with zero attached hydrogens (tertiary/aromatic N) is 2. The average Bonchev–Trinajstić information content (AvgIpc) is 2.17. The molecule has 1 atom stereocenters. The van der Waals surface area contributed by atoms with Crippen molar-refractivity contribution in [3.63, 3.8) is 0 Å². The van der Waals surface area contributed by atoms with Gasteiger partial charge in [0.15, 0.2) is 6.29 Å². The van der Waals surface area contributed by atoms with Gasteiger partial charge in [0.1, 0.15) is 0 Å². The van der Waals surface area contributed by atoms with E-state index in [1.807, 2.05) is 6.92 Å². The van der Waals surface area contributed by atoms with Crippen LogP contribution >= 0.6 is 0 Å². The zero-order valence-corrected chi connectivity index (χ0v) is 10.1. The lowest BCUT2D eigenvalue weighted by Gasteiger charge is -2.41. The number of urea groups is 2. The largest absolute Gasteiger partial charge is 0.345 e. The Balaban J connectivity index is 2.86. The minimum atomic E-state index is -0.509. The van der Waals surface area contributed by atoms with Gasteiger partial charge in [-0.3, -0.25) is 5.32 Å². The number of carbonyl (C=O) groups excluding carboxylic acids is 2. The van der Waals surface area contributed by atoms with Gasteiger partial charge in [0, 0.05) is 13.1 Å². The quantitative estimate of drug-likeness (QED) is 0.627. The third-order valence-electron chi connectivity index (χ3n) is 2.30. The van der Waals surface area contributed by atoms with Crippen LogP contribution in [-0.4, -0.2) is 47.9 Å². The van der Waals surface area contributed by atoms with E-state index in [9.17, 15) is 9.59 Å². The van der Waals surface area contributed by atoms with Gasteiger partial charge in [-0.2, -0.15) is 0 Å². The van der Waals surface area contributed by atoms with Gasteiger partial charge in [-0.05, 0) is 20.4 Å². The molecule has 7 nitrogen and oxygen atoms in total. The van der Waals surface area contributed by atoms with Gasteiger partial charge >= 0.3 is 12.1 Å². The Morgan fingerprint density at radius 1 is 1.44 bits per heavy atom. The van der Waals surface area contributed by atoms with Crippen molar-refractivity contribution in [3.8, 4) is 0 Å². The van der Waals surface area contributed by atoms with E-state index in [0.29, 0.717) is 6.54 Å². The van der Waals surface area contributed by atoms with Crippen molar-refractivity contribution in [1.29, 1.82) is 0 Å². The molecule has 7 heteroatoms. The maximum Gasteiger partial charge on any atom is 0.345 e. The van der Waals surface area contributed by atoms with Crippen molar-refractivity contribution in [2.75, 3.05) is 13.6 Å². The first-order valence-electron chi connectivity index (χ1n) is 5.36. The second-order valence-electron chi connectivity index (χ2n) is 3.75. The Morgan fingerprint density at radius 2 is 2.06 bits per heavy atom.